The van der Waals surface area contributed by atoms with E-state index in [-0.39, 0.29) is 0 Å². The van der Waals surface area contributed by atoms with Gasteiger partial charge in [0.2, 0.25) is 5.95 Å². The number of hydrogen-bond donors (Lipinski definition) is 1. The molecule has 0 spiro atoms. The molecule has 0 atom stereocenters. The van der Waals surface area contributed by atoms with Gasteiger partial charge >= 0.3 is 0 Å². The highest BCUT2D eigenvalue weighted by Gasteiger charge is 2.01. The summed E-state index contributed by atoms with van der Waals surface area (Å²) in [5, 5.41) is 3.27. The fraction of sp³-hybridized carbons (Fsp3) is 0.286. The molecule has 0 saturated heterocycles. The molecule has 1 aromatic heterocycles. The molecule has 60 valence electrons. The lowest BCUT2D eigenvalue weighted by Crippen LogP contribution is -2.07. The van der Waals surface area contributed by atoms with Crippen LogP contribution in [-0.2, 0) is 6.54 Å². The van der Waals surface area contributed by atoms with E-state index in [1.807, 2.05) is 0 Å². The molecule has 11 heavy (non-hydrogen) atoms. The summed E-state index contributed by atoms with van der Waals surface area (Å²) < 4.78 is 12.7. The summed E-state index contributed by atoms with van der Waals surface area (Å²) in [6.45, 7) is 0.444. The van der Waals surface area contributed by atoms with Gasteiger partial charge in [-0.1, -0.05) is 11.6 Å². The maximum absolute atomic E-state index is 12.7. The second kappa shape index (κ2) is 3.64. The van der Waals surface area contributed by atoms with Crippen LogP contribution in [0.5, 0.6) is 0 Å². The van der Waals surface area contributed by atoms with Gasteiger partial charge in [-0.2, -0.15) is 4.39 Å². The summed E-state index contributed by atoms with van der Waals surface area (Å²) in [4.78, 5) is 3.46. The largest absolute Gasteiger partial charge is 0.316 e. The summed E-state index contributed by atoms with van der Waals surface area (Å²) in [5.74, 6) is -0.469. The first kappa shape index (κ1) is 8.43. The topological polar surface area (TPSA) is 24.9 Å². The second-order valence-electron chi connectivity index (χ2n) is 2.13. The minimum absolute atomic E-state index is 0.444. The molecule has 0 saturated carbocycles. The predicted molar refractivity (Wildman–Crippen MR) is 42.0 cm³/mol. The summed E-state index contributed by atoms with van der Waals surface area (Å²) >= 11 is 5.60. The SMILES string of the molecule is CNCc1cc(Cl)cnc1F. The molecule has 0 aliphatic heterocycles. The van der Waals surface area contributed by atoms with Gasteiger partial charge in [-0.3, -0.25) is 0 Å². The number of halogens is 2. The fourth-order valence-corrected chi connectivity index (χ4v) is 0.959. The first-order valence-electron chi connectivity index (χ1n) is 3.18. The van der Waals surface area contributed by atoms with Gasteiger partial charge in [0.1, 0.15) is 0 Å². The normalized spacial score (nSPS) is 10.1. The highest BCUT2D eigenvalue weighted by atomic mass is 35.5. The van der Waals surface area contributed by atoms with E-state index in [1.54, 1.807) is 13.1 Å². The second-order valence-corrected chi connectivity index (χ2v) is 2.57. The highest BCUT2D eigenvalue weighted by molar-refractivity contribution is 6.30. The highest BCUT2D eigenvalue weighted by Crippen LogP contribution is 2.11. The molecule has 1 N–H and O–H groups in total. The van der Waals surface area contributed by atoms with Crippen molar-refractivity contribution >= 4 is 11.6 Å². The van der Waals surface area contributed by atoms with Crippen molar-refractivity contribution in [2.24, 2.45) is 0 Å². The van der Waals surface area contributed by atoms with Gasteiger partial charge in [0, 0.05) is 18.3 Å². The third-order valence-corrected chi connectivity index (χ3v) is 1.45. The molecule has 0 unspecified atom stereocenters. The monoisotopic (exact) mass is 174 g/mol. The van der Waals surface area contributed by atoms with Crippen LogP contribution in [-0.4, -0.2) is 12.0 Å². The lowest BCUT2D eigenvalue weighted by atomic mass is 10.3. The third-order valence-electron chi connectivity index (χ3n) is 1.25. The van der Waals surface area contributed by atoms with Crippen molar-refractivity contribution in [3.8, 4) is 0 Å². The van der Waals surface area contributed by atoms with Gasteiger partial charge in [-0.15, -0.1) is 0 Å². The number of rotatable bonds is 2. The zero-order valence-corrected chi connectivity index (χ0v) is 6.82. The molecule has 0 radical (unpaired) electrons. The van der Waals surface area contributed by atoms with Crippen LogP contribution in [0, 0.1) is 5.95 Å². The molecule has 0 bridgehead atoms. The van der Waals surface area contributed by atoms with Crippen LogP contribution in [0.1, 0.15) is 5.56 Å². The Hall–Kier alpha value is -0.670. The molecule has 1 aromatic rings. The molecular formula is C7H8ClFN2. The van der Waals surface area contributed by atoms with E-state index in [2.05, 4.69) is 10.3 Å². The zero-order valence-electron chi connectivity index (χ0n) is 6.06. The molecule has 0 fully saturated rings. The van der Waals surface area contributed by atoms with Gasteiger partial charge in [0.25, 0.3) is 0 Å². The minimum Gasteiger partial charge on any atom is -0.316 e. The van der Waals surface area contributed by atoms with Crippen LogP contribution >= 0.6 is 11.6 Å². The summed E-state index contributed by atoms with van der Waals surface area (Å²) in [5.41, 5.74) is 0.486. The van der Waals surface area contributed by atoms with E-state index in [9.17, 15) is 4.39 Å². The Morgan fingerprint density at radius 1 is 1.73 bits per heavy atom. The Kier molecular flexibility index (Phi) is 2.79. The van der Waals surface area contributed by atoms with Crippen molar-refractivity contribution < 1.29 is 4.39 Å². The van der Waals surface area contributed by atoms with Crippen LogP contribution in [0.4, 0.5) is 4.39 Å². The van der Waals surface area contributed by atoms with Gasteiger partial charge in [0.05, 0.1) is 5.02 Å². The first-order chi connectivity index (χ1) is 5.24. The quantitative estimate of drug-likeness (QED) is 0.689. The van der Waals surface area contributed by atoms with Crippen molar-refractivity contribution in [2.75, 3.05) is 7.05 Å². The first-order valence-corrected chi connectivity index (χ1v) is 3.56. The van der Waals surface area contributed by atoms with Crippen LogP contribution in [0.25, 0.3) is 0 Å². The molecule has 1 heterocycles. The van der Waals surface area contributed by atoms with Crippen molar-refractivity contribution in [1.29, 1.82) is 0 Å². The van der Waals surface area contributed by atoms with Crippen molar-refractivity contribution in [3.63, 3.8) is 0 Å². The summed E-state index contributed by atoms with van der Waals surface area (Å²) in [7, 11) is 1.74. The summed E-state index contributed by atoms with van der Waals surface area (Å²) in [6.07, 6.45) is 1.29. The molecule has 0 aromatic carbocycles. The zero-order chi connectivity index (χ0) is 8.27. The lowest BCUT2D eigenvalue weighted by Gasteiger charge is -2.00. The standard InChI is InChI=1S/C7H8ClFN2/c1-10-3-5-2-6(8)4-11-7(5)9/h2,4,10H,3H2,1H3. The average molecular weight is 175 g/mol. The van der Waals surface area contributed by atoms with Crippen LogP contribution in [0.15, 0.2) is 12.3 Å². The molecular weight excluding hydrogens is 167 g/mol. The Bertz CT molecular complexity index is 252. The smallest absolute Gasteiger partial charge is 0.217 e. The third kappa shape index (κ3) is 2.13. The van der Waals surface area contributed by atoms with E-state index in [4.69, 9.17) is 11.6 Å². The number of aromatic nitrogens is 1. The van der Waals surface area contributed by atoms with E-state index in [0.29, 0.717) is 17.1 Å². The van der Waals surface area contributed by atoms with Gasteiger partial charge in [0.15, 0.2) is 0 Å². The minimum atomic E-state index is -0.469. The Morgan fingerprint density at radius 2 is 2.45 bits per heavy atom. The molecule has 0 amide bonds. The number of hydrogen-bond acceptors (Lipinski definition) is 2. The molecule has 0 aliphatic carbocycles. The van der Waals surface area contributed by atoms with E-state index < -0.39 is 5.95 Å². The summed E-state index contributed by atoms with van der Waals surface area (Å²) in [6, 6.07) is 1.56. The van der Waals surface area contributed by atoms with E-state index in [1.165, 1.54) is 6.20 Å². The van der Waals surface area contributed by atoms with Crippen LogP contribution in [0.2, 0.25) is 5.02 Å². The van der Waals surface area contributed by atoms with Gasteiger partial charge in [-0.25, -0.2) is 4.98 Å². The van der Waals surface area contributed by atoms with Gasteiger partial charge in [-0.05, 0) is 13.1 Å². The number of nitrogens with zero attached hydrogens (tertiary/aromatic N) is 1. The predicted octanol–water partition coefficient (Wildman–Crippen LogP) is 1.59. The van der Waals surface area contributed by atoms with Crippen LogP contribution in [0.3, 0.4) is 0 Å². The maximum atomic E-state index is 12.7. The van der Waals surface area contributed by atoms with Crippen molar-refractivity contribution in [3.05, 3.63) is 28.8 Å². The van der Waals surface area contributed by atoms with E-state index in [0.717, 1.165) is 0 Å². The molecule has 1 rings (SSSR count). The van der Waals surface area contributed by atoms with Gasteiger partial charge < -0.3 is 5.32 Å². The number of nitrogens with one attached hydrogen (secondary N) is 1. The Labute approximate surface area is 69.4 Å². The lowest BCUT2D eigenvalue weighted by molar-refractivity contribution is 0.559. The maximum Gasteiger partial charge on any atom is 0.217 e. The Balaban J connectivity index is 2.93. The van der Waals surface area contributed by atoms with Crippen molar-refractivity contribution in [1.82, 2.24) is 10.3 Å². The fourth-order valence-electron chi connectivity index (χ4n) is 0.779. The average Bonchev–Trinajstić information content (AvgIpc) is 1.98. The molecule has 0 aliphatic rings. The Morgan fingerprint density at radius 3 is 3.09 bits per heavy atom. The van der Waals surface area contributed by atoms with Crippen molar-refractivity contribution in [2.45, 2.75) is 6.54 Å². The molecule has 2 nitrogen and oxygen atoms in total. The molecule has 4 heteroatoms. The number of pyridine rings is 1. The van der Waals surface area contributed by atoms with E-state index >= 15 is 0 Å². The van der Waals surface area contributed by atoms with Crippen LogP contribution < -0.4 is 5.32 Å².